The van der Waals surface area contributed by atoms with Crippen molar-refractivity contribution in [2.45, 2.75) is 17.9 Å². The summed E-state index contributed by atoms with van der Waals surface area (Å²) >= 11 is 0. The van der Waals surface area contributed by atoms with Crippen LogP contribution in [0.5, 0.6) is 0 Å². The van der Waals surface area contributed by atoms with Crippen molar-refractivity contribution in [1.82, 2.24) is 14.9 Å². The molecule has 0 saturated heterocycles. The SMILES string of the molecule is O=C(NCCCn1ccnc1)c1cccc(NS(=O)(=O)c2ccccc2)c1. The van der Waals surface area contributed by atoms with Crippen molar-refractivity contribution in [1.29, 1.82) is 0 Å². The van der Waals surface area contributed by atoms with Gasteiger partial charge in [0.05, 0.1) is 11.2 Å². The Hall–Kier alpha value is -3.13. The number of benzene rings is 2. The third-order valence-electron chi connectivity index (χ3n) is 3.87. The maximum atomic E-state index is 12.4. The summed E-state index contributed by atoms with van der Waals surface area (Å²) in [5.41, 5.74) is 0.732. The molecule has 0 atom stereocenters. The van der Waals surface area contributed by atoms with Crippen LogP contribution in [-0.2, 0) is 16.6 Å². The van der Waals surface area contributed by atoms with Crippen LogP contribution in [0.1, 0.15) is 16.8 Å². The minimum absolute atomic E-state index is 0.166. The zero-order valence-electron chi connectivity index (χ0n) is 14.6. The molecule has 2 N–H and O–H groups in total. The molecular weight excluding hydrogens is 364 g/mol. The molecule has 1 aromatic heterocycles. The zero-order valence-corrected chi connectivity index (χ0v) is 15.4. The molecule has 0 unspecified atom stereocenters. The average Bonchev–Trinajstić information content (AvgIpc) is 3.19. The normalized spacial score (nSPS) is 11.1. The number of aromatic nitrogens is 2. The molecule has 2 aromatic carbocycles. The van der Waals surface area contributed by atoms with Gasteiger partial charge in [0.25, 0.3) is 15.9 Å². The summed E-state index contributed by atoms with van der Waals surface area (Å²) in [4.78, 5) is 16.4. The van der Waals surface area contributed by atoms with Crippen LogP contribution in [0.2, 0.25) is 0 Å². The number of carbonyl (C=O) groups is 1. The fourth-order valence-corrected chi connectivity index (χ4v) is 3.59. The van der Waals surface area contributed by atoms with Gasteiger partial charge < -0.3 is 9.88 Å². The molecule has 0 aliphatic rings. The predicted octanol–water partition coefficient (Wildman–Crippen LogP) is 2.50. The van der Waals surface area contributed by atoms with Gasteiger partial charge in [-0.3, -0.25) is 9.52 Å². The van der Waals surface area contributed by atoms with Gasteiger partial charge in [0, 0.05) is 36.7 Å². The molecule has 0 bridgehead atoms. The van der Waals surface area contributed by atoms with Crippen molar-refractivity contribution in [2.75, 3.05) is 11.3 Å². The number of anilines is 1. The molecule has 3 rings (SSSR count). The molecule has 27 heavy (non-hydrogen) atoms. The molecule has 7 nitrogen and oxygen atoms in total. The Morgan fingerprint density at radius 2 is 1.89 bits per heavy atom. The molecule has 0 spiro atoms. The quantitative estimate of drug-likeness (QED) is 0.584. The molecule has 3 aromatic rings. The van der Waals surface area contributed by atoms with Crippen molar-refractivity contribution in [3.63, 3.8) is 0 Å². The number of sulfonamides is 1. The van der Waals surface area contributed by atoms with Crippen molar-refractivity contribution in [3.05, 3.63) is 78.9 Å². The molecule has 1 amide bonds. The van der Waals surface area contributed by atoms with E-state index in [-0.39, 0.29) is 10.8 Å². The maximum absolute atomic E-state index is 12.4. The minimum atomic E-state index is -3.69. The summed E-state index contributed by atoms with van der Waals surface area (Å²) in [6.07, 6.45) is 6.07. The second-order valence-electron chi connectivity index (χ2n) is 5.91. The lowest BCUT2D eigenvalue weighted by Gasteiger charge is -2.10. The Balaban J connectivity index is 1.58. The number of aryl methyl sites for hydroxylation is 1. The lowest BCUT2D eigenvalue weighted by atomic mass is 10.2. The van der Waals surface area contributed by atoms with E-state index in [2.05, 4.69) is 15.0 Å². The van der Waals surface area contributed by atoms with E-state index in [0.29, 0.717) is 17.8 Å². The smallest absolute Gasteiger partial charge is 0.261 e. The van der Waals surface area contributed by atoms with Gasteiger partial charge in [-0.15, -0.1) is 0 Å². The van der Waals surface area contributed by atoms with E-state index < -0.39 is 10.0 Å². The van der Waals surface area contributed by atoms with Gasteiger partial charge in [-0.2, -0.15) is 0 Å². The van der Waals surface area contributed by atoms with Gasteiger partial charge in [-0.05, 0) is 36.8 Å². The number of nitrogens with zero attached hydrogens (tertiary/aromatic N) is 2. The fraction of sp³-hybridized carbons (Fsp3) is 0.158. The zero-order chi connectivity index (χ0) is 19.1. The van der Waals surface area contributed by atoms with Crippen LogP contribution in [0.3, 0.4) is 0 Å². The third-order valence-corrected chi connectivity index (χ3v) is 5.27. The third kappa shape index (κ3) is 5.18. The van der Waals surface area contributed by atoms with E-state index in [9.17, 15) is 13.2 Å². The average molecular weight is 384 g/mol. The van der Waals surface area contributed by atoms with Crippen LogP contribution >= 0.6 is 0 Å². The second-order valence-corrected chi connectivity index (χ2v) is 7.59. The number of hydrogen-bond acceptors (Lipinski definition) is 4. The van der Waals surface area contributed by atoms with Gasteiger partial charge >= 0.3 is 0 Å². The van der Waals surface area contributed by atoms with E-state index >= 15 is 0 Å². The van der Waals surface area contributed by atoms with E-state index in [1.807, 2.05) is 10.8 Å². The Morgan fingerprint density at radius 3 is 2.63 bits per heavy atom. The first kappa shape index (κ1) is 18.7. The molecule has 140 valence electrons. The monoisotopic (exact) mass is 384 g/mol. The number of amides is 1. The van der Waals surface area contributed by atoms with Crippen LogP contribution < -0.4 is 10.0 Å². The summed E-state index contributed by atoms with van der Waals surface area (Å²) in [7, 11) is -3.69. The Morgan fingerprint density at radius 1 is 1.07 bits per heavy atom. The Bertz CT molecular complexity index is 987. The van der Waals surface area contributed by atoms with Gasteiger partial charge in [-0.25, -0.2) is 13.4 Å². The lowest BCUT2D eigenvalue weighted by molar-refractivity contribution is 0.0952. The predicted molar refractivity (Wildman–Crippen MR) is 103 cm³/mol. The van der Waals surface area contributed by atoms with Gasteiger partial charge in [0.15, 0.2) is 0 Å². The van der Waals surface area contributed by atoms with Crippen molar-refractivity contribution < 1.29 is 13.2 Å². The van der Waals surface area contributed by atoms with Gasteiger partial charge in [0.1, 0.15) is 0 Å². The Labute approximate surface area is 158 Å². The standard InChI is InChI=1S/C19H20N4O3S/c24-19(21-10-5-12-23-13-11-20-15-23)16-6-4-7-17(14-16)22-27(25,26)18-8-2-1-3-9-18/h1-4,6-9,11,13-15,22H,5,10,12H2,(H,21,24). The first-order valence-electron chi connectivity index (χ1n) is 8.46. The molecule has 0 saturated carbocycles. The van der Waals surface area contributed by atoms with E-state index in [4.69, 9.17) is 0 Å². The molecule has 0 radical (unpaired) electrons. The van der Waals surface area contributed by atoms with Crippen LogP contribution in [0.25, 0.3) is 0 Å². The van der Waals surface area contributed by atoms with Gasteiger partial charge in [-0.1, -0.05) is 24.3 Å². The number of carbonyl (C=O) groups excluding carboxylic acids is 1. The summed E-state index contributed by atoms with van der Waals surface area (Å²) < 4.78 is 29.2. The van der Waals surface area contributed by atoms with E-state index in [1.54, 1.807) is 48.9 Å². The topological polar surface area (TPSA) is 93.1 Å². The van der Waals surface area contributed by atoms with Crippen LogP contribution in [0.15, 0.2) is 78.2 Å². The summed E-state index contributed by atoms with van der Waals surface area (Å²) in [5.74, 6) is -0.249. The molecular formula is C19H20N4O3S. The summed E-state index contributed by atoms with van der Waals surface area (Å²) in [6, 6.07) is 14.5. The molecule has 8 heteroatoms. The highest BCUT2D eigenvalue weighted by Crippen LogP contribution is 2.17. The highest BCUT2D eigenvalue weighted by Gasteiger charge is 2.14. The number of rotatable bonds is 8. The maximum Gasteiger partial charge on any atom is 0.261 e. The van der Waals surface area contributed by atoms with Crippen molar-refractivity contribution in [2.24, 2.45) is 0 Å². The molecule has 1 heterocycles. The van der Waals surface area contributed by atoms with Gasteiger partial charge in [0.2, 0.25) is 0 Å². The summed E-state index contributed by atoms with van der Waals surface area (Å²) in [5, 5.41) is 2.83. The molecule has 0 aliphatic heterocycles. The molecule has 0 fully saturated rings. The highest BCUT2D eigenvalue weighted by atomic mass is 32.2. The highest BCUT2D eigenvalue weighted by molar-refractivity contribution is 7.92. The van der Waals surface area contributed by atoms with Crippen LogP contribution in [0.4, 0.5) is 5.69 Å². The minimum Gasteiger partial charge on any atom is -0.352 e. The van der Waals surface area contributed by atoms with Crippen molar-refractivity contribution >= 4 is 21.6 Å². The second kappa shape index (κ2) is 8.50. The lowest BCUT2D eigenvalue weighted by Crippen LogP contribution is -2.25. The van der Waals surface area contributed by atoms with Crippen LogP contribution in [0, 0.1) is 0 Å². The number of hydrogen-bond donors (Lipinski definition) is 2. The first-order chi connectivity index (χ1) is 13.0. The molecule has 0 aliphatic carbocycles. The first-order valence-corrected chi connectivity index (χ1v) is 9.95. The van der Waals surface area contributed by atoms with Crippen LogP contribution in [-0.4, -0.2) is 30.4 Å². The summed E-state index contributed by atoms with van der Waals surface area (Å²) in [6.45, 7) is 1.27. The largest absolute Gasteiger partial charge is 0.352 e. The fourth-order valence-electron chi connectivity index (χ4n) is 2.52. The number of imidazole rings is 1. The number of nitrogens with one attached hydrogen (secondary N) is 2. The Kier molecular flexibility index (Phi) is 5.87. The van der Waals surface area contributed by atoms with E-state index in [0.717, 1.165) is 13.0 Å². The van der Waals surface area contributed by atoms with E-state index in [1.165, 1.54) is 18.2 Å². The van der Waals surface area contributed by atoms with Crippen molar-refractivity contribution in [3.8, 4) is 0 Å².